The van der Waals surface area contributed by atoms with Gasteiger partial charge < -0.3 is 20.1 Å². The van der Waals surface area contributed by atoms with Crippen LogP contribution in [0.4, 0.5) is 24.5 Å². The van der Waals surface area contributed by atoms with Gasteiger partial charge in [0.25, 0.3) is 0 Å². The number of anilines is 2. The molecule has 2 aromatic carbocycles. The number of benzene rings is 2. The van der Waals surface area contributed by atoms with Crippen molar-refractivity contribution >= 4 is 17.3 Å². The van der Waals surface area contributed by atoms with Crippen molar-refractivity contribution in [1.82, 2.24) is 0 Å². The predicted molar refractivity (Wildman–Crippen MR) is 92.7 cm³/mol. The first-order chi connectivity index (χ1) is 12.3. The summed E-state index contributed by atoms with van der Waals surface area (Å²) in [4.78, 5) is 12.0. The summed E-state index contributed by atoms with van der Waals surface area (Å²) in [6.45, 7) is 0.0617. The van der Waals surface area contributed by atoms with Crippen molar-refractivity contribution in [2.24, 2.45) is 0 Å². The summed E-state index contributed by atoms with van der Waals surface area (Å²) >= 11 is 0. The van der Waals surface area contributed by atoms with Crippen molar-refractivity contribution in [3.63, 3.8) is 0 Å². The van der Waals surface area contributed by atoms with Crippen molar-refractivity contribution in [2.45, 2.75) is 12.6 Å². The summed E-state index contributed by atoms with van der Waals surface area (Å²) in [5, 5.41) is 5.31. The van der Waals surface area contributed by atoms with Gasteiger partial charge in [-0.15, -0.1) is 0 Å². The zero-order chi connectivity index (χ0) is 19.2. The molecule has 8 heteroatoms. The van der Waals surface area contributed by atoms with Gasteiger partial charge in [-0.2, -0.15) is 13.2 Å². The van der Waals surface area contributed by atoms with Gasteiger partial charge in [0.05, 0.1) is 19.8 Å². The molecule has 0 heterocycles. The normalized spacial score (nSPS) is 11.0. The lowest BCUT2D eigenvalue weighted by Crippen LogP contribution is -2.18. The molecule has 0 atom stereocenters. The minimum atomic E-state index is -4.45. The maximum atomic E-state index is 12.9. The van der Waals surface area contributed by atoms with E-state index in [1.165, 1.54) is 32.4 Å². The molecule has 2 N–H and O–H groups in total. The van der Waals surface area contributed by atoms with Crippen LogP contribution >= 0.6 is 0 Å². The number of hydrogen-bond acceptors (Lipinski definition) is 4. The van der Waals surface area contributed by atoms with Crippen molar-refractivity contribution in [3.8, 4) is 11.5 Å². The lowest BCUT2D eigenvalue weighted by Gasteiger charge is -2.14. The number of hydrogen-bond donors (Lipinski definition) is 2. The molecule has 140 valence electrons. The van der Waals surface area contributed by atoms with E-state index in [9.17, 15) is 18.0 Å². The van der Waals surface area contributed by atoms with Crippen LogP contribution in [0.5, 0.6) is 11.5 Å². The maximum absolute atomic E-state index is 12.9. The average molecular weight is 368 g/mol. The monoisotopic (exact) mass is 368 g/mol. The second-order valence-electron chi connectivity index (χ2n) is 5.34. The summed E-state index contributed by atoms with van der Waals surface area (Å²) in [5.74, 6) is 0.646. The molecular weight excluding hydrogens is 349 g/mol. The molecular formula is C18H19F3N2O3. The van der Waals surface area contributed by atoms with Crippen LogP contribution in [-0.4, -0.2) is 26.7 Å². The maximum Gasteiger partial charge on any atom is 0.418 e. The van der Waals surface area contributed by atoms with Crippen LogP contribution in [-0.2, 0) is 11.0 Å². The molecule has 0 aliphatic rings. The van der Waals surface area contributed by atoms with Gasteiger partial charge in [0, 0.05) is 30.4 Å². The second-order valence-corrected chi connectivity index (χ2v) is 5.34. The summed E-state index contributed by atoms with van der Waals surface area (Å²) in [6.07, 6.45) is -4.45. The number of alkyl halides is 3. The molecule has 2 aromatic rings. The molecule has 0 aliphatic heterocycles. The third-order valence-electron chi connectivity index (χ3n) is 3.57. The van der Waals surface area contributed by atoms with Gasteiger partial charge in [0.15, 0.2) is 11.5 Å². The second kappa shape index (κ2) is 8.46. The predicted octanol–water partition coefficient (Wildman–Crippen LogP) is 4.16. The number of halogens is 3. The number of amides is 1. The van der Waals surface area contributed by atoms with Crippen molar-refractivity contribution < 1.29 is 27.4 Å². The van der Waals surface area contributed by atoms with Crippen molar-refractivity contribution in [3.05, 3.63) is 48.0 Å². The average Bonchev–Trinajstić information content (AvgIpc) is 2.61. The minimum Gasteiger partial charge on any atom is -0.493 e. The number of ether oxygens (including phenoxy) is 2. The fourth-order valence-corrected chi connectivity index (χ4v) is 2.33. The van der Waals surface area contributed by atoms with Crippen molar-refractivity contribution in [1.29, 1.82) is 0 Å². The summed E-state index contributed by atoms with van der Waals surface area (Å²) < 4.78 is 49.0. The molecule has 0 aromatic heterocycles. The lowest BCUT2D eigenvalue weighted by molar-refractivity contribution is -0.137. The third-order valence-corrected chi connectivity index (χ3v) is 3.57. The van der Waals surface area contributed by atoms with E-state index in [0.29, 0.717) is 17.2 Å². The molecule has 1 amide bonds. The fourth-order valence-electron chi connectivity index (χ4n) is 2.33. The third kappa shape index (κ3) is 5.05. The molecule has 0 bridgehead atoms. The van der Waals surface area contributed by atoms with E-state index in [1.54, 1.807) is 18.2 Å². The summed E-state index contributed by atoms with van der Waals surface area (Å²) in [6, 6.07) is 10.0. The molecule has 0 radical (unpaired) electrons. The number of nitrogens with one attached hydrogen (secondary N) is 2. The van der Waals surface area contributed by atoms with E-state index in [-0.39, 0.29) is 24.6 Å². The van der Waals surface area contributed by atoms with Crippen LogP contribution in [0, 0.1) is 0 Å². The van der Waals surface area contributed by atoms with Gasteiger partial charge in [-0.05, 0) is 24.3 Å². The highest BCUT2D eigenvalue weighted by Gasteiger charge is 2.33. The van der Waals surface area contributed by atoms with E-state index in [2.05, 4.69) is 10.6 Å². The highest BCUT2D eigenvalue weighted by Crippen LogP contribution is 2.34. The Morgan fingerprint density at radius 2 is 1.73 bits per heavy atom. The van der Waals surface area contributed by atoms with Crippen LogP contribution in [0.25, 0.3) is 0 Å². The Labute approximate surface area is 149 Å². The summed E-state index contributed by atoms with van der Waals surface area (Å²) in [5.41, 5.74) is -0.317. The van der Waals surface area contributed by atoms with E-state index in [4.69, 9.17) is 9.47 Å². The van der Waals surface area contributed by atoms with Gasteiger partial charge in [-0.25, -0.2) is 0 Å². The van der Waals surface area contributed by atoms with Gasteiger partial charge in [-0.3, -0.25) is 4.79 Å². The first kappa shape index (κ1) is 19.4. The van der Waals surface area contributed by atoms with E-state index >= 15 is 0 Å². The molecule has 0 unspecified atom stereocenters. The van der Waals surface area contributed by atoms with E-state index < -0.39 is 11.7 Å². The number of para-hydroxylation sites is 1. The molecule has 5 nitrogen and oxygen atoms in total. The smallest absolute Gasteiger partial charge is 0.418 e. The Morgan fingerprint density at radius 3 is 2.38 bits per heavy atom. The topological polar surface area (TPSA) is 59.6 Å². The van der Waals surface area contributed by atoms with Gasteiger partial charge in [0.2, 0.25) is 5.91 Å². The van der Waals surface area contributed by atoms with Crippen LogP contribution in [0.1, 0.15) is 12.0 Å². The Hall–Kier alpha value is -2.90. The quantitative estimate of drug-likeness (QED) is 0.770. The molecule has 0 spiro atoms. The number of carbonyl (C=O) groups is 1. The number of methoxy groups -OCH3 is 2. The molecule has 0 aliphatic carbocycles. The molecule has 0 saturated heterocycles. The van der Waals surface area contributed by atoms with E-state index in [1.807, 2.05) is 0 Å². The SMILES string of the molecule is COc1ccc(NC(=O)CCNc2ccccc2C(F)(F)F)cc1OC. The first-order valence-corrected chi connectivity index (χ1v) is 7.77. The van der Waals surface area contributed by atoms with Crippen LogP contribution < -0.4 is 20.1 Å². The fraction of sp³-hybridized carbons (Fsp3) is 0.278. The Morgan fingerprint density at radius 1 is 1.04 bits per heavy atom. The van der Waals surface area contributed by atoms with Crippen LogP contribution in [0.3, 0.4) is 0 Å². The molecule has 0 fully saturated rings. The summed E-state index contributed by atoms with van der Waals surface area (Å²) in [7, 11) is 2.98. The number of rotatable bonds is 7. The van der Waals surface area contributed by atoms with Crippen molar-refractivity contribution in [2.75, 3.05) is 31.4 Å². The standard InChI is InChI=1S/C18H19F3N2O3/c1-25-15-8-7-12(11-16(15)26-2)23-17(24)9-10-22-14-6-4-3-5-13(14)18(19,20)21/h3-8,11,22H,9-10H2,1-2H3,(H,23,24). The minimum absolute atomic E-state index is 0.000532. The lowest BCUT2D eigenvalue weighted by atomic mass is 10.1. The van der Waals surface area contributed by atoms with Gasteiger partial charge in [0.1, 0.15) is 0 Å². The van der Waals surface area contributed by atoms with Gasteiger partial charge in [-0.1, -0.05) is 12.1 Å². The molecule has 26 heavy (non-hydrogen) atoms. The highest BCUT2D eigenvalue weighted by atomic mass is 19.4. The van der Waals surface area contributed by atoms with Crippen LogP contribution in [0.15, 0.2) is 42.5 Å². The largest absolute Gasteiger partial charge is 0.493 e. The van der Waals surface area contributed by atoms with Gasteiger partial charge >= 0.3 is 6.18 Å². The van der Waals surface area contributed by atoms with E-state index in [0.717, 1.165) is 6.07 Å². The Balaban J connectivity index is 1.92. The Kier molecular flexibility index (Phi) is 6.32. The highest BCUT2D eigenvalue weighted by molar-refractivity contribution is 5.91. The zero-order valence-corrected chi connectivity index (χ0v) is 14.3. The zero-order valence-electron chi connectivity index (χ0n) is 14.3. The van der Waals surface area contributed by atoms with Crippen LogP contribution in [0.2, 0.25) is 0 Å². The first-order valence-electron chi connectivity index (χ1n) is 7.77. The molecule has 0 saturated carbocycles. The molecule has 2 rings (SSSR count). The Bertz CT molecular complexity index is 764. The number of carbonyl (C=O) groups excluding carboxylic acids is 1.